The van der Waals surface area contributed by atoms with Crippen molar-refractivity contribution in [1.82, 2.24) is 4.72 Å². The van der Waals surface area contributed by atoms with Crippen LogP contribution in [0.2, 0.25) is 0 Å². The molecule has 0 radical (unpaired) electrons. The molecule has 0 saturated carbocycles. The zero-order valence-electron chi connectivity index (χ0n) is 12.1. The molecule has 1 heterocycles. The summed E-state index contributed by atoms with van der Waals surface area (Å²) in [7, 11) is -3.64. The highest BCUT2D eigenvalue weighted by Gasteiger charge is 2.29. The van der Waals surface area contributed by atoms with Gasteiger partial charge < -0.3 is 10.5 Å². The molecule has 0 aromatic heterocycles. The number of nitrogens with one attached hydrogen (secondary N) is 1. The minimum Gasteiger partial charge on any atom is -0.398 e. The maximum atomic E-state index is 12.5. The third kappa shape index (κ3) is 2.97. The molecule has 112 valence electrons. The first-order valence-corrected chi connectivity index (χ1v) is 8.31. The van der Waals surface area contributed by atoms with E-state index in [1.54, 1.807) is 13.0 Å². The molecule has 0 aliphatic carbocycles. The van der Waals surface area contributed by atoms with Crippen LogP contribution in [0.5, 0.6) is 0 Å². The zero-order valence-corrected chi connectivity index (χ0v) is 13.0. The van der Waals surface area contributed by atoms with Crippen LogP contribution in [0.4, 0.5) is 5.69 Å². The van der Waals surface area contributed by atoms with Gasteiger partial charge in [-0.2, -0.15) is 0 Å². The van der Waals surface area contributed by atoms with Gasteiger partial charge in [-0.15, -0.1) is 0 Å². The summed E-state index contributed by atoms with van der Waals surface area (Å²) in [4.78, 5) is 0.183. The fourth-order valence-electron chi connectivity index (χ4n) is 2.54. The fraction of sp³-hybridized carbons (Fsp3) is 0.571. The highest BCUT2D eigenvalue weighted by atomic mass is 32.2. The third-order valence-corrected chi connectivity index (χ3v) is 5.60. The number of nitrogen functional groups attached to an aromatic ring is 1. The van der Waals surface area contributed by atoms with Crippen molar-refractivity contribution in [3.8, 4) is 0 Å². The Balaban J connectivity index is 2.29. The van der Waals surface area contributed by atoms with Crippen molar-refractivity contribution in [3.05, 3.63) is 23.3 Å². The van der Waals surface area contributed by atoms with Gasteiger partial charge in [0.05, 0.1) is 11.8 Å². The van der Waals surface area contributed by atoms with Crippen LogP contribution < -0.4 is 10.5 Å². The summed E-state index contributed by atoms with van der Waals surface area (Å²) in [6.07, 6.45) is 1.80. The molecular formula is C14H22N2O3S. The van der Waals surface area contributed by atoms with Gasteiger partial charge in [-0.05, 0) is 50.8 Å². The Morgan fingerprint density at radius 3 is 2.70 bits per heavy atom. The van der Waals surface area contributed by atoms with Crippen molar-refractivity contribution in [1.29, 1.82) is 0 Å². The summed E-state index contributed by atoms with van der Waals surface area (Å²) in [5, 5.41) is 0. The molecule has 1 aromatic rings. The van der Waals surface area contributed by atoms with Gasteiger partial charge >= 0.3 is 0 Å². The average Bonchev–Trinajstić information content (AvgIpc) is 2.87. The predicted octanol–water partition coefficient (Wildman–Crippen LogP) is 1.73. The Labute approximate surface area is 120 Å². The second kappa shape index (κ2) is 5.71. The molecule has 0 spiro atoms. The van der Waals surface area contributed by atoms with Crippen molar-refractivity contribution in [2.24, 2.45) is 0 Å². The molecule has 1 aliphatic rings. The average molecular weight is 298 g/mol. The summed E-state index contributed by atoms with van der Waals surface area (Å²) >= 11 is 0. The molecule has 5 nitrogen and oxygen atoms in total. The lowest BCUT2D eigenvalue weighted by molar-refractivity contribution is 0.0902. The molecule has 0 amide bonds. The van der Waals surface area contributed by atoms with Crippen LogP contribution in [0.25, 0.3) is 0 Å². The summed E-state index contributed by atoms with van der Waals surface area (Å²) in [5.74, 6) is 0. The van der Waals surface area contributed by atoms with Crippen LogP contribution in [0.3, 0.4) is 0 Å². The number of anilines is 1. The Kier molecular flexibility index (Phi) is 4.36. The van der Waals surface area contributed by atoms with E-state index in [0.717, 1.165) is 18.4 Å². The van der Waals surface area contributed by atoms with E-state index in [9.17, 15) is 8.42 Å². The van der Waals surface area contributed by atoms with Crippen molar-refractivity contribution in [3.63, 3.8) is 0 Å². The second-order valence-electron chi connectivity index (χ2n) is 5.39. The van der Waals surface area contributed by atoms with Gasteiger partial charge in [-0.1, -0.05) is 6.07 Å². The number of rotatable bonds is 4. The second-order valence-corrected chi connectivity index (χ2v) is 7.04. The van der Waals surface area contributed by atoms with Crippen LogP contribution in [-0.4, -0.2) is 27.2 Å². The number of hydrogen-bond acceptors (Lipinski definition) is 4. The summed E-state index contributed by atoms with van der Waals surface area (Å²) in [6.45, 7) is 6.17. The molecule has 0 bridgehead atoms. The largest absolute Gasteiger partial charge is 0.398 e. The lowest BCUT2D eigenvalue weighted by Crippen LogP contribution is -2.41. The molecule has 1 fully saturated rings. The van der Waals surface area contributed by atoms with Crippen molar-refractivity contribution < 1.29 is 13.2 Å². The molecule has 1 saturated heterocycles. The Morgan fingerprint density at radius 1 is 1.40 bits per heavy atom. The lowest BCUT2D eigenvalue weighted by Gasteiger charge is -2.21. The zero-order chi connectivity index (χ0) is 14.9. The minimum atomic E-state index is -3.64. The third-order valence-electron chi connectivity index (χ3n) is 3.84. The molecule has 1 aliphatic heterocycles. The molecule has 2 atom stereocenters. The van der Waals surface area contributed by atoms with Crippen LogP contribution >= 0.6 is 0 Å². The minimum absolute atomic E-state index is 0.0592. The van der Waals surface area contributed by atoms with E-state index >= 15 is 0 Å². The highest BCUT2D eigenvalue weighted by Crippen LogP contribution is 2.26. The van der Waals surface area contributed by atoms with E-state index in [-0.39, 0.29) is 22.7 Å². The summed E-state index contributed by atoms with van der Waals surface area (Å²) in [5.41, 5.74) is 7.73. The van der Waals surface area contributed by atoms with Crippen molar-refractivity contribution in [2.45, 2.75) is 50.7 Å². The van der Waals surface area contributed by atoms with Crippen LogP contribution in [0.1, 0.15) is 30.9 Å². The fourth-order valence-corrected chi connectivity index (χ4v) is 4.25. The van der Waals surface area contributed by atoms with Crippen LogP contribution in [0.15, 0.2) is 17.0 Å². The first-order chi connectivity index (χ1) is 9.33. The van der Waals surface area contributed by atoms with Gasteiger partial charge in [0.1, 0.15) is 4.90 Å². The Morgan fingerprint density at radius 2 is 2.10 bits per heavy atom. The summed E-state index contributed by atoms with van der Waals surface area (Å²) in [6, 6.07) is 3.20. The van der Waals surface area contributed by atoms with Gasteiger partial charge in [0.15, 0.2) is 0 Å². The number of ether oxygens (including phenoxy) is 1. The maximum Gasteiger partial charge on any atom is 0.243 e. The molecule has 1 aromatic carbocycles. The number of nitrogens with two attached hydrogens (primary N) is 1. The monoisotopic (exact) mass is 298 g/mol. The van der Waals surface area contributed by atoms with Gasteiger partial charge in [0.25, 0.3) is 0 Å². The normalized spacial score (nSPS) is 21.1. The molecular weight excluding hydrogens is 276 g/mol. The first kappa shape index (κ1) is 15.3. The lowest BCUT2D eigenvalue weighted by atomic mass is 10.1. The SMILES string of the molecule is Cc1ccc(N)c(S(=O)(=O)NC(C)C2CCCO2)c1C. The topological polar surface area (TPSA) is 81.4 Å². The molecule has 2 rings (SSSR count). The highest BCUT2D eigenvalue weighted by molar-refractivity contribution is 7.89. The molecule has 6 heteroatoms. The molecule has 20 heavy (non-hydrogen) atoms. The van der Waals surface area contributed by atoms with Crippen molar-refractivity contribution in [2.75, 3.05) is 12.3 Å². The number of benzene rings is 1. The van der Waals surface area contributed by atoms with E-state index in [0.29, 0.717) is 12.2 Å². The van der Waals surface area contributed by atoms with Gasteiger partial charge in [0.2, 0.25) is 10.0 Å². The Hall–Kier alpha value is -1.11. The van der Waals surface area contributed by atoms with E-state index < -0.39 is 10.0 Å². The number of hydrogen-bond donors (Lipinski definition) is 2. The van der Waals surface area contributed by atoms with Crippen LogP contribution in [0, 0.1) is 13.8 Å². The maximum absolute atomic E-state index is 12.5. The van der Waals surface area contributed by atoms with Gasteiger partial charge in [0, 0.05) is 12.6 Å². The predicted molar refractivity (Wildman–Crippen MR) is 79.1 cm³/mol. The van der Waals surface area contributed by atoms with E-state index in [4.69, 9.17) is 10.5 Å². The smallest absolute Gasteiger partial charge is 0.243 e. The van der Waals surface area contributed by atoms with Crippen molar-refractivity contribution >= 4 is 15.7 Å². The first-order valence-electron chi connectivity index (χ1n) is 6.82. The molecule has 2 unspecified atom stereocenters. The standard InChI is InChI=1S/C14H22N2O3S/c1-9-6-7-12(15)14(10(9)2)20(17,18)16-11(3)13-5-4-8-19-13/h6-7,11,13,16H,4-5,8,15H2,1-3H3. The van der Waals surface area contributed by atoms with Gasteiger partial charge in [-0.25, -0.2) is 13.1 Å². The number of sulfonamides is 1. The quantitative estimate of drug-likeness (QED) is 0.830. The van der Waals surface area contributed by atoms with Gasteiger partial charge in [-0.3, -0.25) is 0 Å². The molecule has 3 N–H and O–H groups in total. The number of aryl methyl sites for hydroxylation is 1. The summed E-state index contributed by atoms with van der Waals surface area (Å²) < 4.78 is 33.3. The van der Waals surface area contributed by atoms with E-state index in [1.807, 2.05) is 19.9 Å². The Bertz CT molecular complexity index is 593. The van der Waals surface area contributed by atoms with Crippen LogP contribution in [-0.2, 0) is 14.8 Å². The van der Waals surface area contributed by atoms with E-state index in [2.05, 4.69) is 4.72 Å². The van der Waals surface area contributed by atoms with E-state index in [1.165, 1.54) is 0 Å².